The summed E-state index contributed by atoms with van der Waals surface area (Å²) in [6.45, 7) is 4.86. The van der Waals surface area contributed by atoms with Crippen molar-refractivity contribution in [3.8, 4) is 10.8 Å². The smallest absolute Gasteiger partial charge is 0.259 e. The summed E-state index contributed by atoms with van der Waals surface area (Å²) in [6, 6.07) is 10.5. The second-order valence-electron chi connectivity index (χ2n) is 7.28. The molecule has 1 fully saturated rings. The summed E-state index contributed by atoms with van der Waals surface area (Å²) in [6.07, 6.45) is 4.07. The lowest BCUT2D eigenvalue weighted by molar-refractivity contribution is 0.187. The molecule has 1 aliphatic heterocycles. The Morgan fingerprint density at radius 1 is 1.18 bits per heavy atom. The molecule has 0 bridgehead atoms. The van der Waals surface area contributed by atoms with Crippen LogP contribution < -0.4 is 0 Å². The third kappa shape index (κ3) is 3.31. The summed E-state index contributed by atoms with van der Waals surface area (Å²) in [5, 5.41) is 9.81. The molecule has 3 aromatic heterocycles. The average Bonchev–Trinajstić information content (AvgIpc) is 3.37. The zero-order valence-electron chi connectivity index (χ0n) is 15.7. The van der Waals surface area contributed by atoms with Gasteiger partial charge in [0.2, 0.25) is 5.89 Å². The van der Waals surface area contributed by atoms with Crippen LogP contribution in [0.4, 0.5) is 0 Å². The molecule has 28 heavy (non-hydrogen) atoms. The molecular formula is C21H21N5OS. The molecule has 4 aromatic rings. The molecule has 0 amide bonds. The van der Waals surface area contributed by atoms with Crippen molar-refractivity contribution >= 4 is 22.2 Å². The number of fused-ring (bicyclic) bond motifs is 1. The van der Waals surface area contributed by atoms with E-state index in [1.54, 1.807) is 11.3 Å². The van der Waals surface area contributed by atoms with E-state index in [2.05, 4.69) is 49.3 Å². The third-order valence-corrected chi connectivity index (χ3v) is 6.26. The van der Waals surface area contributed by atoms with Crippen molar-refractivity contribution < 1.29 is 4.42 Å². The van der Waals surface area contributed by atoms with Crippen molar-refractivity contribution in [1.29, 1.82) is 0 Å². The Kier molecular flexibility index (Phi) is 4.62. The van der Waals surface area contributed by atoms with Gasteiger partial charge in [0.1, 0.15) is 4.88 Å². The van der Waals surface area contributed by atoms with Gasteiger partial charge in [-0.3, -0.25) is 9.88 Å². The van der Waals surface area contributed by atoms with Gasteiger partial charge in [-0.05, 0) is 37.9 Å². The number of benzene rings is 1. The van der Waals surface area contributed by atoms with Gasteiger partial charge in [-0.25, -0.2) is 4.98 Å². The van der Waals surface area contributed by atoms with Gasteiger partial charge < -0.3 is 4.42 Å². The zero-order valence-corrected chi connectivity index (χ0v) is 16.5. The first-order chi connectivity index (χ1) is 13.8. The number of aromatic nitrogens is 4. The quantitative estimate of drug-likeness (QED) is 0.513. The van der Waals surface area contributed by atoms with Crippen molar-refractivity contribution in [3.05, 3.63) is 59.2 Å². The van der Waals surface area contributed by atoms with Gasteiger partial charge in [0.25, 0.3) is 5.89 Å². The monoisotopic (exact) mass is 391 g/mol. The highest BCUT2D eigenvalue weighted by atomic mass is 32.1. The van der Waals surface area contributed by atoms with Gasteiger partial charge >= 0.3 is 0 Å². The maximum absolute atomic E-state index is 6.03. The van der Waals surface area contributed by atoms with E-state index in [1.807, 2.05) is 24.7 Å². The molecular weight excluding hydrogens is 370 g/mol. The summed E-state index contributed by atoms with van der Waals surface area (Å²) in [4.78, 5) is 12.3. The number of nitrogens with zero attached hydrogens (tertiary/aromatic N) is 5. The Balaban J connectivity index is 1.34. The standard InChI is InChI=1S/C21H21N5OS/c1-14-19(28-13-23-14)21-25-24-20(27-21)17-8-4-10-26(12-17)11-16-6-2-5-15-7-3-9-22-18(15)16/h2-3,5-7,9,13,17H,4,8,10-12H2,1H3. The minimum atomic E-state index is 0.270. The summed E-state index contributed by atoms with van der Waals surface area (Å²) in [5.74, 6) is 1.60. The van der Waals surface area contributed by atoms with Crippen LogP contribution in [0, 0.1) is 6.92 Å². The Morgan fingerprint density at radius 3 is 3.00 bits per heavy atom. The summed E-state index contributed by atoms with van der Waals surface area (Å²) >= 11 is 1.54. The van der Waals surface area contributed by atoms with Gasteiger partial charge in [0.15, 0.2) is 0 Å². The zero-order chi connectivity index (χ0) is 18.9. The predicted molar refractivity (Wildman–Crippen MR) is 109 cm³/mol. The van der Waals surface area contributed by atoms with Gasteiger partial charge in [-0.2, -0.15) is 0 Å². The maximum Gasteiger partial charge on any atom is 0.259 e. The molecule has 1 aromatic carbocycles. The number of aryl methyl sites for hydroxylation is 1. The van der Waals surface area contributed by atoms with Crippen molar-refractivity contribution in [2.75, 3.05) is 13.1 Å². The second kappa shape index (κ2) is 7.41. The van der Waals surface area contributed by atoms with E-state index in [-0.39, 0.29) is 5.92 Å². The molecule has 1 unspecified atom stereocenters. The molecule has 5 rings (SSSR count). The maximum atomic E-state index is 6.03. The first-order valence-electron chi connectivity index (χ1n) is 9.57. The summed E-state index contributed by atoms with van der Waals surface area (Å²) in [7, 11) is 0. The van der Waals surface area contributed by atoms with Gasteiger partial charge in [-0.1, -0.05) is 24.3 Å². The van der Waals surface area contributed by atoms with Crippen molar-refractivity contribution in [2.45, 2.75) is 32.2 Å². The molecule has 0 spiro atoms. The van der Waals surface area contributed by atoms with Gasteiger partial charge in [-0.15, -0.1) is 21.5 Å². The molecule has 7 heteroatoms. The number of thiazole rings is 1. The van der Waals surface area contributed by atoms with Crippen LogP contribution in [-0.2, 0) is 6.54 Å². The molecule has 1 aliphatic rings. The Hall–Kier alpha value is -2.64. The van der Waals surface area contributed by atoms with Crippen LogP contribution in [0.3, 0.4) is 0 Å². The Labute approximate surface area is 167 Å². The van der Waals surface area contributed by atoms with E-state index in [1.165, 1.54) is 10.9 Å². The van der Waals surface area contributed by atoms with Crippen LogP contribution in [0.2, 0.25) is 0 Å². The van der Waals surface area contributed by atoms with Crippen LogP contribution in [0.5, 0.6) is 0 Å². The average molecular weight is 392 g/mol. The number of likely N-dealkylation sites (tertiary alicyclic amines) is 1. The largest absolute Gasteiger partial charge is 0.419 e. The number of para-hydroxylation sites is 1. The lowest BCUT2D eigenvalue weighted by Gasteiger charge is -2.31. The van der Waals surface area contributed by atoms with Crippen LogP contribution in [0.15, 0.2) is 46.5 Å². The Bertz CT molecular complexity index is 1100. The summed E-state index contributed by atoms with van der Waals surface area (Å²) in [5.41, 5.74) is 5.11. The third-order valence-electron chi connectivity index (χ3n) is 5.35. The molecule has 0 aliphatic carbocycles. The minimum Gasteiger partial charge on any atom is -0.419 e. The topological polar surface area (TPSA) is 67.9 Å². The van der Waals surface area contributed by atoms with E-state index in [4.69, 9.17) is 4.42 Å². The number of pyridine rings is 1. The van der Waals surface area contributed by atoms with Gasteiger partial charge in [0, 0.05) is 24.7 Å². The van der Waals surface area contributed by atoms with Crippen molar-refractivity contribution in [2.24, 2.45) is 0 Å². The van der Waals surface area contributed by atoms with E-state index >= 15 is 0 Å². The number of hydrogen-bond acceptors (Lipinski definition) is 7. The highest BCUT2D eigenvalue weighted by Gasteiger charge is 2.27. The number of rotatable bonds is 4. The first kappa shape index (κ1) is 17.5. The van der Waals surface area contributed by atoms with E-state index in [9.17, 15) is 0 Å². The molecule has 142 valence electrons. The van der Waals surface area contributed by atoms with Gasteiger partial charge in [0.05, 0.1) is 22.6 Å². The molecule has 1 atom stereocenters. The van der Waals surface area contributed by atoms with Crippen LogP contribution >= 0.6 is 11.3 Å². The lowest BCUT2D eigenvalue weighted by Crippen LogP contribution is -2.34. The fourth-order valence-electron chi connectivity index (χ4n) is 3.94. The lowest BCUT2D eigenvalue weighted by atomic mass is 9.97. The fourth-order valence-corrected chi connectivity index (χ4v) is 4.66. The van der Waals surface area contributed by atoms with Crippen LogP contribution in [0.25, 0.3) is 21.7 Å². The first-order valence-corrected chi connectivity index (χ1v) is 10.4. The molecule has 4 heterocycles. The fraction of sp³-hybridized carbons (Fsp3) is 0.333. The van der Waals surface area contributed by atoms with Crippen LogP contribution in [0.1, 0.15) is 35.9 Å². The minimum absolute atomic E-state index is 0.270. The molecule has 0 saturated carbocycles. The molecule has 0 radical (unpaired) electrons. The normalized spacial score (nSPS) is 18.0. The number of piperidine rings is 1. The predicted octanol–water partition coefficient (Wildman–Crippen LogP) is 4.43. The van der Waals surface area contributed by atoms with E-state index < -0.39 is 0 Å². The highest BCUT2D eigenvalue weighted by molar-refractivity contribution is 7.13. The molecule has 1 saturated heterocycles. The number of hydrogen-bond donors (Lipinski definition) is 0. The summed E-state index contributed by atoms with van der Waals surface area (Å²) < 4.78 is 6.03. The van der Waals surface area contributed by atoms with Crippen molar-refractivity contribution in [1.82, 2.24) is 25.1 Å². The second-order valence-corrected chi connectivity index (χ2v) is 8.13. The Morgan fingerprint density at radius 2 is 2.11 bits per heavy atom. The highest BCUT2D eigenvalue weighted by Crippen LogP contribution is 2.31. The van der Waals surface area contributed by atoms with E-state index in [0.717, 1.165) is 54.5 Å². The van der Waals surface area contributed by atoms with E-state index in [0.29, 0.717) is 5.89 Å². The van der Waals surface area contributed by atoms with Crippen molar-refractivity contribution in [3.63, 3.8) is 0 Å². The van der Waals surface area contributed by atoms with Crippen LogP contribution in [-0.4, -0.2) is 38.2 Å². The SMILES string of the molecule is Cc1ncsc1-c1nnc(C2CCCN(Cc3cccc4cccnc34)C2)o1. The molecule has 0 N–H and O–H groups in total. The molecule has 6 nitrogen and oxygen atoms in total.